The summed E-state index contributed by atoms with van der Waals surface area (Å²) in [4.78, 5) is 37.1. The fourth-order valence-electron chi connectivity index (χ4n) is 3.67. The lowest BCUT2D eigenvalue weighted by Gasteiger charge is -2.19. The van der Waals surface area contributed by atoms with E-state index < -0.39 is 5.92 Å². The Morgan fingerprint density at radius 3 is 2.19 bits per heavy atom. The van der Waals surface area contributed by atoms with Gasteiger partial charge in [-0.05, 0) is 61.0 Å². The van der Waals surface area contributed by atoms with E-state index in [-0.39, 0.29) is 24.3 Å². The van der Waals surface area contributed by atoms with Crippen LogP contribution in [0.1, 0.15) is 34.3 Å². The van der Waals surface area contributed by atoms with E-state index in [2.05, 4.69) is 21.3 Å². The number of benzene rings is 3. The van der Waals surface area contributed by atoms with E-state index in [1.807, 2.05) is 43.3 Å². The van der Waals surface area contributed by atoms with Crippen molar-refractivity contribution in [2.75, 3.05) is 37.4 Å². The van der Waals surface area contributed by atoms with Crippen molar-refractivity contribution in [1.82, 2.24) is 10.6 Å². The third kappa shape index (κ3) is 7.87. The smallest absolute Gasteiger partial charge is 0.251 e. The molecule has 8 heteroatoms. The van der Waals surface area contributed by atoms with Crippen molar-refractivity contribution in [2.45, 2.75) is 19.8 Å². The molecule has 36 heavy (non-hydrogen) atoms. The van der Waals surface area contributed by atoms with Crippen LogP contribution in [0, 0.1) is 6.92 Å². The van der Waals surface area contributed by atoms with Gasteiger partial charge in [-0.3, -0.25) is 14.4 Å². The van der Waals surface area contributed by atoms with Crippen LogP contribution >= 0.6 is 0 Å². The summed E-state index contributed by atoms with van der Waals surface area (Å²) in [6, 6.07) is 21.9. The number of amides is 3. The molecule has 1 atom stereocenters. The summed E-state index contributed by atoms with van der Waals surface area (Å²) >= 11 is 0. The highest BCUT2D eigenvalue weighted by atomic mass is 16.5. The molecule has 3 rings (SSSR count). The number of nitrogens with one attached hydrogen (secondary N) is 4. The molecule has 0 aliphatic rings. The van der Waals surface area contributed by atoms with Crippen LogP contribution < -0.4 is 26.0 Å². The quantitative estimate of drug-likeness (QED) is 0.308. The SMILES string of the molecule is COc1ccc(NCCNC(=O)C(CNC(=O)c2cccc(C)c2)c2ccc(NC(C)=O)cc2)cc1. The normalized spacial score (nSPS) is 11.2. The van der Waals surface area contributed by atoms with Gasteiger partial charge in [0.1, 0.15) is 5.75 Å². The predicted octanol–water partition coefficient (Wildman–Crippen LogP) is 3.70. The number of hydrogen-bond acceptors (Lipinski definition) is 5. The van der Waals surface area contributed by atoms with Crippen molar-refractivity contribution in [2.24, 2.45) is 0 Å². The topological polar surface area (TPSA) is 109 Å². The summed E-state index contributed by atoms with van der Waals surface area (Å²) in [7, 11) is 1.62. The number of aryl methyl sites for hydroxylation is 1. The van der Waals surface area contributed by atoms with Gasteiger partial charge >= 0.3 is 0 Å². The van der Waals surface area contributed by atoms with Crippen molar-refractivity contribution in [1.29, 1.82) is 0 Å². The Balaban J connectivity index is 1.63. The van der Waals surface area contributed by atoms with Crippen molar-refractivity contribution in [3.63, 3.8) is 0 Å². The summed E-state index contributed by atoms with van der Waals surface area (Å²) in [5, 5.41) is 11.8. The van der Waals surface area contributed by atoms with Crippen LogP contribution in [0.2, 0.25) is 0 Å². The number of carbonyl (C=O) groups is 3. The molecule has 0 fully saturated rings. The van der Waals surface area contributed by atoms with Crippen molar-refractivity contribution in [3.8, 4) is 5.75 Å². The monoisotopic (exact) mass is 488 g/mol. The molecule has 0 saturated carbocycles. The zero-order valence-corrected chi connectivity index (χ0v) is 20.8. The van der Waals surface area contributed by atoms with Gasteiger partial charge in [-0.1, -0.05) is 29.8 Å². The molecule has 188 valence electrons. The van der Waals surface area contributed by atoms with E-state index in [9.17, 15) is 14.4 Å². The molecule has 0 bridgehead atoms. The number of rotatable bonds is 11. The van der Waals surface area contributed by atoms with Crippen LogP contribution in [0.5, 0.6) is 5.75 Å². The second-order valence-electron chi connectivity index (χ2n) is 8.38. The molecule has 0 saturated heterocycles. The van der Waals surface area contributed by atoms with Gasteiger partial charge in [0.2, 0.25) is 11.8 Å². The van der Waals surface area contributed by atoms with E-state index in [0.29, 0.717) is 24.3 Å². The minimum Gasteiger partial charge on any atom is -0.497 e. The fourth-order valence-corrected chi connectivity index (χ4v) is 3.67. The van der Waals surface area contributed by atoms with Crippen LogP contribution in [0.4, 0.5) is 11.4 Å². The van der Waals surface area contributed by atoms with Gasteiger partial charge < -0.3 is 26.0 Å². The molecule has 0 aromatic heterocycles. The van der Waals surface area contributed by atoms with Gasteiger partial charge in [0.05, 0.1) is 13.0 Å². The predicted molar refractivity (Wildman–Crippen MR) is 141 cm³/mol. The summed E-state index contributed by atoms with van der Waals surface area (Å²) in [5.41, 5.74) is 3.81. The molecule has 0 aliphatic heterocycles. The molecule has 3 amide bonds. The zero-order valence-electron chi connectivity index (χ0n) is 20.8. The number of carbonyl (C=O) groups excluding carboxylic acids is 3. The number of ether oxygens (including phenoxy) is 1. The molecule has 0 radical (unpaired) electrons. The Labute approximate surface area is 211 Å². The standard InChI is InChI=1S/C28H32N4O4/c1-19-5-4-6-22(17-19)27(34)31-18-26(21-7-9-24(10-8-21)32-20(2)33)28(35)30-16-15-29-23-11-13-25(36-3)14-12-23/h4-14,17,26,29H,15-16,18H2,1-3H3,(H,30,35)(H,31,34)(H,32,33). The number of hydrogen-bond donors (Lipinski definition) is 4. The molecular formula is C28H32N4O4. The molecule has 0 heterocycles. The number of anilines is 2. The second kappa shape index (κ2) is 12.9. The maximum Gasteiger partial charge on any atom is 0.251 e. The molecular weight excluding hydrogens is 456 g/mol. The first-order valence-corrected chi connectivity index (χ1v) is 11.7. The van der Waals surface area contributed by atoms with Crippen LogP contribution in [0.3, 0.4) is 0 Å². The van der Waals surface area contributed by atoms with E-state index in [1.54, 1.807) is 43.5 Å². The third-order valence-corrected chi connectivity index (χ3v) is 5.54. The molecule has 0 spiro atoms. The van der Waals surface area contributed by atoms with Gasteiger partial charge in [0.25, 0.3) is 5.91 Å². The van der Waals surface area contributed by atoms with Crippen molar-refractivity contribution < 1.29 is 19.1 Å². The second-order valence-corrected chi connectivity index (χ2v) is 8.38. The highest BCUT2D eigenvalue weighted by molar-refractivity contribution is 5.95. The van der Waals surface area contributed by atoms with E-state index in [0.717, 1.165) is 22.6 Å². The molecule has 0 aliphatic carbocycles. The molecule has 3 aromatic carbocycles. The first kappa shape index (κ1) is 26.3. The molecule has 4 N–H and O–H groups in total. The maximum absolute atomic E-state index is 13.1. The van der Waals surface area contributed by atoms with Gasteiger partial charge in [0.15, 0.2) is 0 Å². The van der Waals surface area contributed by atoms with Gasteiger partial charge in [-0.15, -0.1) is 0 Å². The molecule has 1 unspecified atom stereocenters. The Morgan fingerprint density at radius 1 is 0.861 bits per heavy atom. The van der Waals surface area contributed by atoms with Gasteiger partial charge in [-0.25, -0.2) is 0 Å². The first-order valence-electron chi connectivity index (χ1n) is 11.7. The maximum atomic E-state index is 13.1. The van der Waals surface area contributed by atoms with Crippen LogP contribution in [-0.4, -0.2) is 44.5 Å². The lowest BCUT2D eigenvalue weighted by Crippen LogP contribution is -2.39. The molecule has 3 aromatic rings. The largest absolute Gasteiger partial charge is 0.497 e. The summed E-state index contributed by atoms with van der Waals surface area (Å²) < 4.78 is 5.16. The van der Waals surface area contributed by atoms with Crippen LogP contribution in [0.25, 0.3) is 0 Å². The van der Waals surface area contributed by atoms with E-state index in [4.69, 9.17) is 4.74 Å². The van der Waals surface area contributed by atoms with Gasteiger partial charge in [0, 0.05) is 43.5 Å². The van der Waals surface area contributed by atoms with E-state index >= 15 is 0 Å². The van der Waals surface area contributed by atoms with Crippen molar-refractivity contribution >= 4 is 29.1 Å². The Morgan fingerprint density at radius 2 is 1.56 bits per heavy atom. The average Bonchev–Trinajstić information content (AvgIpc) is 2.87. The van der Waals surface area contributed by atoms with E-state index in [1.165, 1.54) is 6.92 Å². The Hall–Kier alpha value is -4.33. The van der Waals surface area contributed by atoms with Crippen LogP contribution in [-0.2, 0) is 9.59 Å². The first-order chi connectivity index (χ1) is 17.4. The summed E-state index contributed by atoms with van der Waals surface area (Å²) in [6.07, 6.45) is 0. The highest BCUT2D eigenvalue weighted by Crippen LogP contribution is 2.19. The Bertz CT molecular complexity index is 1180. The fraction of sp³-hybridized carbons (Fsp3) is 0.250. The van der Waals surface area contributed by atoms with Gasteiger partial charge in [-0.2, -0.15) is 0 Å². The highest BCUT2D eigenvalue weighted by Gasteiger charge is 2.22. The third-order valence-electron chi connectivity index (χ3n) is 5.54. The van der Waals surface area contributed by atoms with Crippen molar-refractivity contribution in [3.05, 3.63) is 89.5 Å². The lowest BCUT2D eigenvalue weighted by atomic mass is 9.97. The molecule has 8 nitrogen and oxygen atoms in total. The minimum atomic E-state index is -0.605. The minimum absolute atomic E-state index is 0.129. The summed E-state index contributed by atoms with van der Waals surface area (Å²) in [6.45, 7) is 4.41. The summed E-state index contributed by atoms with van der Waals surface area (Å²) in [5.74, 6) is -0.456. The Kier molecular flexibility index (Phi) is 9.45. The zero-order chi connectivity index (χ0) is 25.9. The lowest BCUT2D eigenvalue weighted by molar-refractivity contribution is -0.122. The van der Waals surface area contributed by atoms with Crippen LogP contribution in [0.15, 0.2) is 72.8 Å². The average molecular weight is 489 g/mol. The number of methoxy groups -OCH3 is 1.